The van der Waals surface area contributed by atoms with E-state index in [4.69, 9.17) is 9.47 Å². The van der Waals surface area contributed by atoms with Crippen LogP contribution < -0.4 is 9.47 Å². The summed E-state index contributed by atoms with van der Waals surface area (Å²) in [6, 6.07) is 23.9. The first-order valence-corrected chi connectivity index (χ1v) is 11.4. The maximum Gasteiger partial charge on any atom is 0.227 e. The summed E-state index contributed by atoms with van der Waals surface area (Å²) in [4.78, 5) is 15.6. The van der Waals surface area contributed by atoms with Crippen molar-refractivity contribution in [2.45, 2.75) is 18.9 Å². The molecule has 0 saturated carbocycles. The lowest BCUT2D eigenvalue weighted by Crippen LogP contribution is -2.41. The van der Waals surface area contributed by atoms with E-state index in [2.05, 4.69) is 17.2 Å². The highest BCUT2D eigenvalue weighted by Crippen LogP contribution is 2.41. The van der Waals surface area contributed by atoms with E-state index in [0.29, 0.717) is 24.5 Å². The van der Waals surface area contributed by atoms with Crippen LogP contribution in [0.15, 0.2) is 85.2 Å². The SMILES string of the molecule is COc1cc2c(cc1OC)C(c1ccccc1)N(C(=O)Cc1cnn(-c3ccccc3)c1)CC2. The molecule has 2 heterocycles. The van der Waals surface area contributed by atoms with Crippen molar-refractivity contribution in [1.82, 2.24) is 14.7 Å². The minimum Gasteiger partial charge on any atom is -0.493 e. The molecule has 0 radical (unpaired) electrons. The topological polar surface area (TPSA) is 56.6 Å². The number of amides is 1. The van der Waals surface area contributed by atoms with Crippen LogP contribution in [0.25, 0.3) is 5.69 Å². The highest BCUT2D eigenvalue weighted by atomic mass is 16.5. The van der Waals surface area contributed by atoms with Crippen LogP contribution in [-0.2, 0) is 17.6 Å². The third kappa shape index (κ3) is 4.15. The standard InChI is InChI=1S/C28H27N3O3/c1-33-25-16-22-13-14-30(28(21-9-5-3-6-10-21)24(22)17-26(25)34-2)27(32)15-20-18-29-31(19-20)23-11-7-4-8-12-23/h3-12,16-19,28H,13-15H2,1-2H3. The number of carbonyl (C=O) groups is 1. The van der Waals surface area contributed by atoms with Crippen LogP contribution in [0, 0.1) is 0 Å². The van der Waals surface area contributed by atoms with Gasteiger partial charge in [0.05, 0.1) is 38.6 Å². The molecule has 0 aliphatic carbocycles. The number of fused-ring (bicyclic) bond motifs is 1. The van der Waals surface area contributed by atoms with Crippen LogP contribution in [0.3, 0.4) is 0 Å². The lowest BCUT2D eigenvalue weighted by molar-refractivity contribution is -0.132. The second kappa shape index (κ2) is 9.43. The van der Waals surface area contributed by atoms with Gasteiger partial charge in [-0.3, -0.25) is 4.79 Å². The second-order valence-electron chi connectivity index (χ2n) is 8.36. The van der Waals surface area contributed by atoms with Crippen molar-refractivity contribution in [3.8, 4) is 17.2 Å². The molecular formula is C28H27N3O3. The number of hydrogen-bond donors (Lipinski definition) is 0. The molecule has 172 valence electrons. The zero-order valence-electron chi connectivity index (χ0n) is 19.3. The van der Waals surface area contributed by atoms with Crippen LogP contribution in [-0.4, -0.2) is 41.4 Å². The number of ether oxygens (including phenoxy) is 2. The number of hydrogen-bond acceptors (Lipinski definition) is 4. The number of rotatable bonds is 6. The van der Waals surface area contributed by atoms with Gasteiger partial charge < -0.3 is 14.4 Å². The third-order valence-corrected chi connectivity index (χ3v) is 6.32. The maximum atomic E-state index is 13.6. The molecule has 0 spiro atoms. The number of carbonyl (C=O) groups excluding carboxylic acids is 1. The molecule has 1 aliphatic rings. The summed E-state index contributed by atoms with van der Waals surface area (Å²) in [5, 5.41) is 4.46. The lowest BCUT2D eigenvalue weighted by atomic mass is 9.87. The normalized spacial score (nSPS) is 15.0. The summed E-state index contributed by atoms with van der Waals surface area (Å²) in [5.41, 5.74) is 5.18. The minimum atomic E-state index is -0.193. The van der Waals surface area contributed by atoms with E-state index in [0.717, 1.165) is 28.8 Å². The molecule has 1 atom stereocenters. The van der Waals surface area contributed by atoms with Gasteiger partial charge in [0.1, 0.15) is 0 Å². The smallest absolute Gasteiger partial charge is 0.227 e. The Hall–Kier alpha value is -4.06. The van der Waals surface area contributed by atoms with Crippen LogP contribution in [0.5, 0.6) is 11.5 Å². The molecule has 34 heavy (non-hydrogen) atoms. The van der Waals surface area contributed by atoms with Crippen molar-refractivity contribution in [2.75, 3.05) is 20.8 Å². The summed E-state index contributed by atoms with van der Waals surface area (Å²) in [5.74, 6) is 1.45. The van der Waals surface area contributed by atoms with E-state index >= 15 is 0 Å². The average molecular weight is 454 g/mol. The molecule has 0 fully saturated rings. The average Bonchev–Trinajstić information content (AvgIpc) is 3.36. The Bertz CT molecular complexity index is 1290. The van der Waals surface area contributed by atoms with E-state index in [1.165, 1.54) is 5.56 Å². The molecule has 1 unspecified atom stereocenters. The Morgan fingerprint density at radius 2 is 1.65 bits per heavy atom. The molecule has 5 rings (SSSR count). The van der Waals surface area contributed by atoms with Crippen molar-refractivity contribution in [1.29, 1.82) is 0 Å². The van der Waals surface area contributed by atoms with Crippen molar-refractivity contribution in [2.24, 2.45) is 0 Å². The monoisotopic (exact) mass is 453 g/mol. The number of methoxy groups -OCH3 is 2. The summed E-state index contributed by atoms with van der Waals surface area (Å²) in [7, 11) is 3.28. The Labute approximate surface area is 199 Å². The number of aromatic nitrogens is 2. The summed E-state index contributed by atoms with van der Waals surface area (Å²) < 4.78 is 12.9. The van der Waals surface area contributed by atoms with Gasteiger partial charge in [-0.2, -0.15) is 5.10 Å². The Balaban J connectivity index is 1.47. The minimum absolute atomic E-state index is 0.0712. The Kier molecular flexibility index (Phi) is 6.04. The van der Waals surface area contributed by atoms with Gasteiger partial charge in [-0.1, -0.05) is 48.5 Å². The van der Waals surface area contributed by atoms with Crippen molar-refractivity contribution >= 4 is 5.91 Å². The van der Waals surface area contributed by atoms with Gasteiger partial charge in [0, 0.05) is 12.7 Å². The number of nitrogens with zero attached hydrogens (tertiary/aromatic N) is 3. The van der Waals surface area contributed by atoms with Gasteiger partial charge in [-0.05, 0) is 52.9 Å². The molecule has 0 bridgehead atoms. The molecule has 1 amide bonds. The van der Waals surface area contributed by atoms with E-state index in [1.807, 2.05) is 71.8 Å². The van der Waals surface area contributed by atoms with Gasteiger partial charge in [-0.25, -0.2) is 4.68 Å². The summed E-state index contributed by atoms with van der Waals surface area (Å²) >= 11 is 0. The first kappa shape index (κ1) is 21.8. The fourth-order valence-corrected chi connectivity index (χ4v) is 4.66. The van der Waals surface area contributed by atoms with Crippen molar-refractivity contribution in [3.63, 3.8) is 0 Å². The van der Waals surface area contributed by atoms with Crippen molar-refractivity contribution < 1.29 is 14.3 Å². The quantitative estimate of drug-likeness (QED) is 0.428. The fourth-order valence-electron chi connectivity index (χ4n) is 4.66. The van der Waals surface area contributed by atoms with Crippen LogP contribution in [0.4, 0.5) is 0 Å². The van der Waals surface area contributed by atoms with Gasteiger partial charge in [0.2, 0.25) is 5.91 Å². The zero-order chi connectivity index (χ0) is 23.5. The highest BCUT2D eigenvalue weighted by molar-refractivity contribution is 5.80. The van der Waals surface area contributed by atoms with Crippen LogP contribution in [0.1, 0.15) is 28.3 Å². The van der Waals surface area contributed by atoms with Gasteiger partial charge in [0.15, 0.2) is 11.5 Å². The lowest BCUT2D eigenvalue weighted by Gasteiger charge is -2.38. The van der Waals surface area contributed by atoms with Crippen LogP contribution >= 0.6 is 0 Å². The summed E-state index contributed by atoms with van der Waals surface area (Å²) in [6.07, 6.45) is 4.75. The van der Waals surface area contributed by atoms with Gasteiger partial charge in [0.25, 0.3) is 0 Å². The molecule has 3 aromatic carbocycles. The van der Waals surface area contributed by atoms with Gasteiger partial charge >= 0.3 is 0 Å². The second-order valence-corrected chi connectivity index (χ2v) is 8.36. The number of benzene rings is 3. The number of para-hydroxylation sites is 1. The largest absolute Gasteiger partial charge is 0.493 e. The molecule has 6 heteroatoms. The predicted molar refractivity (Wildman–Crippen MR) is 131 cm³/mol. The molecule has 0 saturated heterocycles. The first-order chi connectivity index (χ1) is 16.7. The third-order valence-electron chi connectivity index (χ3n) is 6.32. The molecule has 4 aromatic rings. The van der Waals surface area contributed by atoms with Crippen molar-refractivity contribution in [3.05, 3.63) is 107 Å². The Morgan fingerprint density at radius 3 is 2.35 bits per heavy atom. The summed E-state index contributed by atoms with van der Waals surface area (Å²) in [6.45, 7) is 0.633. The molecular weight excluding hydrogens is 426 g/mol. The highest BCUT2D eigenvalue weighted by Gasteiger charge is 2.33. The molecule has 6 nitrogen and oxygen atoms in total. The fraction of sp³-hybridized carbons (Fsp3) is 0.214. The predicted octanol–water partition coefficient (Wildman–Crippen LogP) is 4.61. The zero-order valence-corrected chi connectivity index (χ0v) is 19.3. The van der Waals surface area contributed by atoms with E-state index in [1.54, 1.807) is 25.1 Å². The maximum absolute atomic E-state index is 13.6. The molecule has 1 aromatic heterocycles. The van der Waals surface area contributed by atoms with Gasteiger partial charge in [-0.15, -0.1) is 0 Å². The van der Waals surface area contributed by atoms with E-state index < -0.39 is 0 Å². The Morgan fingerprint density at radius 1 is 0.971 bits per heavy atom. The first-order valence-electron chi connectivity index (χ1n) is 11.4. The molecule has 0 N–H and O–H groups in total. The molecule has 1 aliphatic heterocycles. The van der Waals surface area contributed by atoms with E-state index in [-0.39, 0.29) is 11.9 Å². The van der Waals surface area contributed by atoms with Crippen LogP contribution in [0.2, 0.25) is 0 Å². The van der Waals surface area contributed by atoms with E-state index in [9.17, 15) is 4.79 Å².